The highest BCUT2D eigenvalue weighted by Crippen LogP contribution is 2.37. The number of hydrogen-bond acceptors (Lipinski definition) is 5. The molecule has 0 unspecified atom stereocenters. The first kappa shape index (κ1) is 22.1. The molecule has 3 aromatic carbocycles. The van der Waals surface area contributed by atoms with E-state index in [1.165, 1.54) is 4.90 Å². The van der Waals surface area contributed by atoms with Gasteiger partial charge >= 0.3 is 0 Å². The fourth-order valence-electron chi connectivity index (χ4n) is 3.79. The molecule has 0 saturated carbocycles. The van der Waals surface area contributed by atoms with Crippen LogP contribution in [-0.4, -0.2) is 26.0 Å². The monoisotopic (exact) mass is 442 g/mol. The molecular formula is C27H26N2O4. The molecule has 0 radical (unpaired) electrons. The molecule has 1 aliphatic rings. The quantitative estimate of drug-likeness (QED) is 0.543. The predicted octanol–water partition coefficient (Wildman–Crippen LogP) is 5.03. The summed E-state index contributed by atoms with van der Waals surface area (Å²) in [5.74, 6) is 0.314. The Kier molecular flexibility index (Phi) is 5.92. The Labute approximate surface area is 193 Å². The SMILES string of the molecule is COc1ccc(OC)c(NC2=C(c3ccc(C)c(C)c3)C(=O)N(c3ccc(C)cc3)C2=O)c1. The number of carbonyl (C=O) groups is 2. The van der Waals surface area contributed by atoms with Gasteiger partial charge in [-0.2, -0.15) is 0 Å². The number of amides is 2. The first-order valence-electron chi connectivity index (χ1n) is 10.6. The Bertz CT molecular complexity index is 1280. The molecule has 6 nitrogen and oxygen atoms in total. The highest BCUT2D eigenvalue weighted by atomic mass is 16.5. The van der Waals surface area contributed by atoms with Gasteiger partial charge in [0.15, 0.2) is 0 Å². The molecule has 0 bridgehead atoms. The smallest absolute Gasteiger partial charge is 0.282 e. The maximum Gasteiger partial charge on any atom is 0.282 e. The Balaban J connectivity index is 1.87. The molecule has 0 spiro atoms. The van der Waals surface area contributed by atoms with Crippen LogP contribution in [0.2, 0.25) is 0 Å². The van der Waals surface area contributed by atoms with Gasteiger partial charge in [0, 0.05) is 6.07 Å². The van der Waals surface area contributed by atoms with Gasteiger partial charge in [0.05, 0.1) is 31.2 Å². The minimum atomic E-state index is -0.429. The van der Waals surface area contributed by atoms with E-state index in [1.807, 2.05) is 51.1 Å². The van der Waals surface area contributed by atoms with Crippen molar-refractivity contribution in [2.75, 3.05) is 24.4 Å². The van der Waals surface area contributed by atoms with Gasteiger partial charge < -0.3 is 14.8 Å². The lowest BCUT2D eigenvalue weighted by Gasteiger charge is -2.16. The highest BCUT2D eigenvalue weighted by molar-refractivity contribution is 6.46. The number of imide groups is 1. The van der Waals surface area contributed by atoms with Crippen molar-refractivity contribution in [2.24, 2.45) is 0 Å². The molecule has 0 aromatic heterocycles. The van der Waals surface area contributed by atoms with Gasteiger partial charge in [-0.15, -0.1) is 0 Å². The number of nitrogens with one attached hydrogen (secondary N) is 1. The van der Waals surface area contributed by atoms with Crippen LogP contribution in [-0.2, 0) is 9.59 Å². The Morgan fingerprint density at radius 3 is 2.12 bits per heavy atom. The maximum absolute atomic E-state index is 13.6. The van der Waals surface area contributed by atoms with E-state index in [0.717, 1.165) is 16.7 Å². The molecular weight excluding hydrogens is 416 g/mol. The third-order valence-corrected chi connectivity index (χ3v) is 5.84. The van der Waals surface area contributed by atoms with Crippen LogP contribution in [0.1, 0.15) is 22.3 Å². The van der Waals surface area contributed by atoms with Gasteiger partial charge in [-0.3, -0.25) is 9.59 Å². The maximum atomic E-state index is 13.6. The van der Waals surface area contributed by atoms with Gasteiger partial charge in [-0.05, 0) is 61.7 Å². The van der Waals surface area contributed by atoms with Crippen LogP contribution in [0.3, 0.4) is 0 Å². The van der Waals surface area contributed by atoms with Crippen molar-refractivity contribution >= 4 is 28.8 Å². The summed E-state index contributed by atoms with van der Waals surface area (Å²) in [6, 6.07) is 18.3. The summed E-state index contributed by atoms with van der Waals surface area (Å²) in [7, 11) is 3.11. The summed E-state index contributed by atoms with van der Waals surface area (Å²) in [5.41, 5.74) is 5.41. The Morgan fingerprint density at radius 2 is 1.48 bits per heavy atom. The molecule has 3 aromatic rings. The lowest BCUT2D eigenvalue weighted by Crippen LogP contribution is -2.32. The van der Waals surface area contributed by atoms with Gasteiger partial charge in [0.25, 0.3) is 11.8 Å². The zero-order valence-electron chi connectivity index (χ0n) is 19.4. The average molecular weight is 443 g/mol. The van der Waals surface area contributed by atoms with E-state index in [-0.39, 0.29) is 11.6 Å². The summed E-state index contributed by atoms with van der Waals surface area (Å²) in [4.78, 5) is 28.4. The van der Waals surface area contributed by atoms with E-state index in [9.17, 15) is 9.59 Å². The third-order valence-electron chi connectivity index (χ3n) is 5.84. The second-order valence-electron chi connectivity index (χ2n) is 8.02. The Morgan fingerprint density at radius 1 is 0.758 bits per heavy atom. The van der Waals surface area contributed by atoms with Gasteiger partial charge in [0.1, 0.15) is 17.2 Å². The molecule has 2 amide bonds. The summed E-state index contributed by atoms with van der Waals surface area (Å²) in [6.07, 6.45) is 0. The lowest BCUT2D eigenvalue weighted by atomic mass is 9.99. The number of ether oxygens (including phenoxy) is 2. The van der Waals surface area contributed by atoms with Crippen molar-refractivity contribution in [1.29, 1.82) is 0 Å². The molecule has 0 saturated heterocycles. The molecule has 4 rings (SSSR count). The molecule has 1 N–H and O–H groups in total. The number of anilines is 2. The fourth-order valence-corrected chi connectivity index (χ4v) is 3.79. The number of methoxy groups -OCH3 is 2. The molecule has 0 aliphatic carbocycles. The number of rotatable bonds is 6. The standard InChI is InChI=1S/C27H26N2O4/c1-16-6-10-20(11-7-16)29-26(30)24(19-9-8-17(2)18(3)14-19)25(27(29)31)28-22-15-21(32-4)12-13-23(22)33-5/h6-15,28H,1-5H3. The van der Waals surface area contributed by atoms with Crippen molar-refractivity contribution in [3.8, 4) is 11.5 Å². The summed E-state index contributed by atoms with van der Waals surface area (Å²) in [5, 5.41) is 3.17. The van der Waals surface area contributed by atoms with Crippen LogP contribution >= 0.6 is 0 Å². The van der Waals surface area contributed by atoms with Gasteiger partial charge in [0.2, 0.25) is 0 Å². The van der Waals surface area contributed by atoms with E-state index in [1.54, 1.807) is 44.6 Å². The number of aryl methyl sites for hydroxylation is 3. The van der Waals surface area contributed by atoms with E-state index in [4.69, 9.17) is 9.47 Å². The largest absolute Gasteiger partial charge is 0.497 e. The van der Waals surface area contributed by atoms with Crippen molar-refractivity contribution in [1.82, 2.24) is 0 Å². The number of carbonyl (C=O) groups excluding carboxylic acids is 2. The zero-order chi connectivity index (χ0) is 23.7. The van der Waals surface area contributed by atoms with Crippen LogP contribution < -0.4 is 19.7 Å². The van der Waals surface area contributed by atoms with Crippen LogP contribution in [0.5, 0.6) is 11.5 Å². The zero-order valence-corrected chi connectivity index (χ0v) is 19.4. The fraction of sp³-hybridized carbons (Fsp3) is 0.185. The van der Waals surface area contributed by atoms with E-state index in [2.05, 4.69) is 5.32 Å². The van der Waals surface area contributed by atoms with Crippen molar-refractivity contribution in [2.45, 2.75) is 20.8 Å². The third kappa shape index (κ3) is 4.07. The van der Waals surface area contributed by atoms with Crippen molar-refractivity contribution in [3.63, 3.8) is 0 Å². The number of nitrogens with zero attached hydrogens (tertiary/aromatic N) is 1. The van der Waals surface area contributed by atoms with Crippen LogP contribution in [0.25, 0.3) is 5.57 Å². The van der Waals surface area contributed by atoms with Crippen molar-refractivity contribution in [3.05, 3.63) is 88.6 Å². The summed E-state index contributed by atoms with van der Waals surface area (Å²) in [6.45, 7) is 5.95. The second-order valence-corrected chi connectivity index (χ2v) is 8.02. The number of benzene rings is 3. The molecule has 1 heterocycles. The lowest BCUT2D eigenvalue weighted by molar-refractivity contribution is -0.120. The van der Waals surface area contributed by atoms with Crippen molar-refractivity contribution < 1.29 is 19.1 Å². The molecule has 33 heavy (non-hydrogen) atoms. The van der Waals surface area contributed by atoms with E-state index in [0.29, 0.717) is 34.0 Å². The predicted molar refractivity (Wildman–Crippen MR) is 130 cm³/mol. The normalized spacial score (nSPS) is 13.5. The molecule has 168 valence electrons. The first-order valence-corrected chi connectivity index (χ1v) is 10.6. The molecule has 0 fully saturated rings. The first-order chi connectivity index (χ1) is 15.8. The van der Waals surface area contributed by atoms with E-state index >= 15 is 0 Å². The molecule has 6 heteroatoms. The minimum Gasteiger partial charge on any atom is -0.497 e. The van der Waals surface area contributed by atoms with Gasteiger partial charge in [-0.25, -0.2) is 4.90 Å². The van der Waals surface area contributed by atoms with Crippen LogP contribution in [0.15, 0.2) is 66.4 Å². The van der Waals surface area contributed by atoms with Crippen LogP contribution in [0, 0.1) is 20.8 Å². The summed E-state index contributed by atoms with van der Waals surface area (Å²) < 4.78 is 10.8. The number of hydrogen-bond donors (Lipinski definition) is 1. The van der Waals surface area contributed by atoms with Crippen LogP contribution in [0.4, 0.5) is 11.4 Å². The summed E-state index contributed by atoms with van der Waals surface area (Å²) >= 11 is 0. The highest BCUT2D eigenvalue weighted by Gasteiger charge is 2.40. The van der Waals surface area contributed by atoms with Gasteiger partial charge in [-0.1, -0.05) is 35.9 Å². The molecule has 0 atom stereocenters. The topological polar surface area (TPSA) is 67.9 Å². The molecule has 1 aliphatic heterocycles. The Hall–Kier alpha value is -4.06. The second kappa shape index (κ2) is 8.82. The minimum absolute atomic E-state index is 0.190. The van der Waals surface area contributed by atoms with E-state index < -0.39 is 5.91 Å². The average Bonchev–Trinajstić information content (AvgIpc) is 3.05.